The van der Waals surface area contributed by atoms with E-state index in [1.165, 1.54) is 18.2 Å². The molecule has 6 heteroatoms. The molecule has 1 atom stereocenters. The average molecular weight is 309 g/mol. The number of benzene rings is 1. The lowest BCUT2D eigenvalue weighted by atomic mass is 10.1. The highest BCUT2D eigenvalue weighted by molar-refractivity contribution is 6.33. The first-order valence-corrected chi connectivity index (χ1v) is 6.42. The predicted octanol–water partition coefficient (Wildman–Crippen LogP) is 3.15. The number of rotatable bonds is 6. The predicted molar refractivity (Wildman–Crippen MR) is 78.5 cm³/mol. The summed E-state index contributed by atoms with van der Waals surface area (Å²) in [6.45, 7) is 2.39. The Bertz CT molecular complexity index is 395. The van der Waals surface area contributed by atoms with Gasteiger partial charge in [-0.2, -0.15) is 0 Å². The van der Waals surface area contributed by atoms with Crippen LogP contribution in [0.3, 0.4) is 0 Å². The van der Waals surface area contributed by atoms with Gasteiger partial charge < -0.3 is 11.1 Å². The Balaban J connectivity index is 0.00000324. The van der Waals surface area contributed by atoms with Crippen molar-refractivity contribution in [2.24, 2.45) is 5.73 Å². The minimum Gasteiger partial charge on any atom is -0.348 e. The van der Waals surface area contributed by atoms with E-state index in [1.807, 2.05) is 0 Å². The standard InChI is InChI=1S/C13H18ClFN2O.ClH/c1-2-3-5-9(8-16)17-13(18)12-10(14)6-4-7-11(12)15;/h4,6-7,9H,2-3,5,8,16H2,1H3,(H,17,18);1H. The van der Waals surface area contributed by atoms with Gasteiger partial charge >= 0.3 is 0 Å². The van der Waals surface area contributed by atoms with Crippen molar-refractivity contribution in [1.29, 1.82) is 0 Å². The molecule has 0 aliphatic carbocycles. The lowest BCUT2D eigenvalue weighted by molar-refractivity contribution is 0.0932. The van der Waals surface area contributed by atoms with Crippen molar-refractivity contribution in [1.82, 2.24) is 5.32 Å². The maximum Gasteiger partial charge on any atom is 0.256 e. The third kappa shape index (κ3) is 5.35. The molecule has 0 saturated carbocycles. The van der Waals surface area contributed by atoms with Gasteiger partial charge in [-0.3, -0.25) is 4.79 Å². The van der Waals surface area contributed by atoms with Gasteiger partial charge in [0.05, 0.1) is 10.6 Å². The van der Waals surface area contributed by atoms with Gasteiger partial charge in [0.1, 0.15) is 5.82 Å². The van der Waals surface area contributed by atoms with Crippen LogP contribution in [0.5, 0.6) is 0 Å². The topological polar surface area (TPSA) is 55.1 Å². The van der Waals surface area contributed by atoms with Crippen molar-refractivity contribution in [3.05, 3.63) is 34.6 Å². The van der Waals surface area contributed by atoms with E-state index in [2.05, 4.69) is 12.2 Å². The summed E-state index contributed by atoms with van der Waals surface area (Å²) < 4.78 is 13.5. The molecule has 1 rings (SSSR count). The minimum absolute atomic E-state index is 0. The van der Waals surface area contributed by atoms with Crippen LogP contribution < -0.4 is 11.1 Å². The molecule has 1 aromatic rings. The molecule has 0 spiro atoms. The molecule has 0 saturated heterocycles. The van der Waals surface area contributed by atoms with Crippen molar-refractivity contribution in [2.45, 2.75) is 32.2 Å². The van der Waals surface area contributed by atoms with E-state index >= 15 is 0 Å². The zero-order valence-electron chi connectivity index (χ0n) is 10.8. The van der Waals surface area contributed by atoms with E-state index < -0.39 is 11.7 Å². The molecule has 0 bridgehead atoms. The fourth-order valence-electron chi connectivity index (χ4n) is 1.67. The summed E-state index contributed by atoms with van der Waals surface area (Å²) in [7, 11) is 0. The molecule has 1 aromatic carbocycles. The summed E-state index contributed by atoms with van der Waals surface area (Å²) in [4.78, 5) is 11.9. The van der Waals surface area contributed by atoms with Gasteiger partial charge in [0, 0.05) is 12.6 Å². The molecule has 0 heterocycles. The normalized spacial score (nSPS) is 11.6. The summed E-state index contributed by atoms with van der Waals surface area (Å²) in [5.74, 6) is -1.13. The summed E-state index contributed by atoms with van der Waals surface area (Å²) in [5, 5.41) is 2.82. The van der Waals surface area contributed by atoms with Crippen LogP contribution in [0, 0.1) is 5.82 Å². The van der Waals surface area contributed by atoms with E-state index in [1.54, 1.807) is 0 Å². The van der Waals surface area contributed by atoms with Gasteiger partial charge in [0.25, 0.3) is 5.91 Å². The Morgan fingerprint density at radius 1 is 1.53 bits per heavy atom. The Hall–Kier alpha value is -0.840. The van der Waals surface area contributed by atoms with E-state index in [0.717, 1.165) is 19.3 Å². The molecule has 0 aliphatic heterocycles. The van der Waals surface area contributed by atoms with Gasteiger partial charge in [-0.05, 0) is 18.6 Å². The second-order valence-electron chi connectivity index (χ2n) is 4.14. The van der Waals surface area contributed by atoms with Crippen LogP contribution in [0.15, 0.2) is 18.2 Å². The molecular formula is C13H19Cl2FN2O. The molecule has 19 heavy (non-hydrogen) atoms. The highest BCUT2D eigenvalue weighted by Gasteiger charge is 2.18. The van der Waals surface area contributed by atoms with Crippen LogP contribution in [0.1, 0.15) is 36.5 Å². The zero-order valence-corrected chi connectivity index (χ0v) is 12.4. The SMILES string of the molecule is CCCCC(CN)NC(=O)c1c(F)cccc1Cl.Cl. The van der Waals surface area contributed by atoms with Crippen LogP contribution in [0.4, 0.5) is 4.39 Å². The van der Waals surface area contributed by atoms with Crippen molar-refractivity contribution < 1.29 is 9.18 Å². The smallest absolute Gasteiger partial charge is 0.256 e. The number of nitrogens with two attached hydrogens (primary N) is 1. The van der Waals surface area contributed by atoms with E-state index in [0.29, 0.717) is 6.54 Å². The maximum absolute atomic E-state index is 13.5. The summed E-state index contributed by atoms with van der Waals surface area (Å²) in [6.07, 6.45) is 2.77. The molecule has 3 N–H and O–H groups in total. The summed E-state index contributed by atoms with van der Waals surface area (Å²) in [5.41, 5.74) is 5.46. The lowest BCUT2D eigenvalue weighted by Crippen LogP contribution is -2.40. The van der Waals surface area contributed by atoms with Crippen molar-refractivity contribution in [3.63, 3.8) is 0 Å². The summed E-state index contributed by atoms with van der Waals surface area (Å²) >= 11 is 5.82. The maximum atomic E-state index is 13.5. The second kappa shape index (κ2) is 9.13. The molecule has 0 aromatic heterocycles. The summed E-state index contributed by atoms with van der Waals surface area (Å²) in [6, 6.07) is 4.02. The molecular weight excluding hydrogens is 290 g/mol. The number of halogens is 3. The molecule has 0 radical (unpaired) electrons. The van der Waals surface area contributed by atoms with Gasteiger partial charge in [0.15, 0.2) is 0 Å². The van der Waals surface area contributed by atoms with Gasteiger partial charge in [0.2, 0.25) is 0 Å². The van der Waals surface area contributed by atoms with Crippen LogP contribution in [-0.2, 0) is 0 Å². The Morgan fingerprint density at radius 3 is 2.74 bits per heavy atom. The van der Waals surface area contributed by atoms with E-state index in [9.17, 15) is 9.18 Å². The van der Waals surface area contributed by atoms with Crippen molar-refractivity contribution >= 4 is 29.9 Å². The monoisotopic (exact) mass is 308 g/mol. The number of amides is 1. The van der Waals surface area contributed by atoms with Gasteiger partial charge in [-0.15, -0.1) is 12.4 Å². The first-order chi connectivity index (χ1) is 8.60. The Kier molecular flexibility index (Phi) is 8.72. The second-order valence-corrected chi connectivity index (χ2v) is 4.55. The molecule has 1 amide bonds. The number of carbonyl (C=O) groups is 1. The van der Waals surface area contributed by atoms with Crippen LogP contribution in [0.2, 0.25) is 5.02 Å². The molecule has 108 valence electrons. The molecule has 0 fully saturated rings. The quantitative estimate of drug-likeness (QED) is 0.848. The van der Waals surface area contributed by atoms with Gasteiger partial charge in [-0.1, -0.05) is 37.4 Å². The Labute approximate surface area is 124 Å². The average Bonchev–Trinajstić information content (AvgIpc) is 2.34. The fourth-order valence-corrected chi connectivity index (χ4v) is 1.92. The molecule has 1 unspecified atom stereocenters. The first kappa shape index (κ1) is 18.2. The third-order valence-electron chi connectivity index (χ3n) is 2.72. The van der Waals surface area contributed by atoms with E-state index in [-0.39, 0.29) is 29.0 Å². The number of nitrogens with one attached hydrogen (secondary N) is 1. The van der Waals surface area contributed by atoms with E-state index in [4.69, 9.17) is 17.3 Å². The van der Waals surface area contributed by atoms with Crippen LogP contribution in [0.25, 0.3) is 0 Å². The minimum atomic E-state index is -0.619. The zero-order chi connectivity index (χ0) is 13.5. The number of hydrogen-bond donors (Lipinski definition) is 2. The number of unbranched alkanes of at least 4 members (excludes halogenated alkanes) is 1. The van der Waals surface area contributed by atoms with Crippen molar-refractivity contribution in [2.75, 3.05) is 6.54 Å². The van der Waals surface area contributed by atoms with Crippen LogP contribution in [-0.4, -0.2) is 18.5 Å². The number of hydrogen-bond acceptors (Lipinski definition) is 2. The molecule has 0 aliphatic rings. The lowest BCUT2D eigenvalue weighted by Gasteiger charge is -2.17. The molecule has 3 nitrogen and oxygen atoms in total. The third-order valence-corrected chi connectivity index (χ3v) is 3.03. The largest absolute Gasteiger partial charge is 0.348 e. The first-order valence-electron chi connectivity index (χ1n) is 6.05. The fraction of sp³-hybridized carbons (Fsp3) is 0.462. The highest BCUT2D eigenvalue weighted by Crippen LogP contribution is 2.19. The highest BCUT2D eigenvalue weighted by atomic mass is 35.5. The van der Waals surface area contributed by atoms with Gasteiger partial charge in [-0.25, -0.2) is 4.39 Å². The number of carbonyl (C=O) groups excluding carboxylic acids is 1. The van der Waals surface area contributed by atoms with Crippen LogP contribution >= 0.6 is 24.0 Å². The van der Waals surface area contributed by atoms with Crippen molar-refractivity contribution in [3.8, 4) is 0 Å². The Morgan fingerprint density at radius 2 is 2.21 bits per heavy atom.